The number of hydrogen-bond donors (Lipinski definition) is 0. The van der Waals surface area contributed by atoms with Crippen LogP contribution in [0.4, 0.5) is 0 Å². The molecule has 0 aliphatic carbocycles. The number of carbonyl (C=O) groups is 3. The first-order chi connectivity index (χ1) is 13.1. The molecule has 7 nitrogen and oxygen atoms in total. The maximum atomic E-state index is 12.8. The number of rotatable bonds is 6. The van der Waals surface area contributed by atoms with Crippen molar-refractivity contribution in [3.8, 4) is 0 Å². The summed E-state index contributed by atoms with van der Waals surface area (Å²) in [5, 5.41) is 0.692. The Bertz CT molecular complexity index is 848. The number of morpholine rings is 1. The van der Waals surface area contributed by atoms with Crippen LogP contribution in [0.15, 0.2) is 30.5 Å². The zero-order chi connectivity index (χ0) is 19.4. The molecular formula is C20H25N3O4. The van der Waals surface area contributed by atoms with Crippen LogP contribution in [-0.4, -0.2) is 71.4 Å². The van der Waals surface area contributed by atoms with Crippen LogP contribution in [0.1, 0.15) is 24.2 Å². The summed E-state index contributed by atoms with van der Waals surface area (Å²) in [4.78, 5) is 41.2. The Morgan fingerprint density at radius 3 is 2.41 bits per heavy atom. The summed E-state index contributed by atoms with van der Waals surface area (Å²) < 4.78 is 7.05. The predicted molar refractivity (Wildman–Crippen MR) is 102 cm³/mol. The van der Waals surface area contributed by atoms with Crippen LogP contribution < -0.4 is 0 Å². The lowest BCUT2D eigenvalue weighted by molar-refractivity contribution is -0.135. The highest BCUT2D eigenvalue weighted by molar-refractivity contribution is 6.44. The average molecular weight is 371 g/mol. The predicted octanol–water partition coefficient (Wildman–Crippen LogP) is 1.55. The second-order valence-electron chi connectivity index (χ2n) is 6.49. The van der Waals surface area contributed by atoms with E-state index in [1.165, 1.54) is 4.90 Å². The van der Waals surface area contributed by atoms with Crippen molar-refractivity contribution in [2.45, 2.75) is 20.4 Å². The maximum absolute atomic E-state index is 12.8. The zero-order valence-corrected chi connectivity index (χ0v) is 15.8. The molecule has 1 fully saturated rings. The van der Waals surface area contributed by atoms with E-state index >= 15 is 0 Å². The summed E-state index contributed by atoms with van der Waals surface area (Å²) in [5.41, 5.74) is 1.12. The number of hydrogen-bond acceptors (Lipinski definition) is 4. The summed E-state index contributed by atoms with van der Waals surface area (Å²) in [6.07, 6.45) is 1.63. The lowest BCUT2D eigenvalue weighted by Crippen LogP contribution is -2.42. The highest BCUT2D eigenvalue weighted by Gasteiger charge is 2.26. The van der Waals surface area contributed by atoms with Gasteiger partial charge in [-0.2, -0.15) is 0 Å². The van der Waals surface area contributed by atoms with Crippen molar-refractivity contribution in [3.05, 3.63) is 36.0 Å². The van der Waals surface area contributed by atoms with Crippen molar-refractivity contribution in [1.82, 2.24) is 14.4 Å². The van der Waals surface area contributed by atoms with Crippen molar-refractivity contribution in [2.75, 3.05) is 39.4 Å². The van der Waals surface area contributed by atoms with Crippen LogP contribution in [0, 0.1) is 0 Å². The molecule has 3 rings (SSSR count). The second kappa shape index (κ2) is 8.35. The first-order valence-corrected chi connectivity index (χ1v) is 9.33. The largest absolute Gasteiger partial charge is 0.378 e. The van der Waals surface area contributed by atoms with Gasteiger partial charge in [0.05, 0.1) is 18.8 Å². The van der Waals surface area contributed by atoms with Crippen LogP contribution in [0.25, 0.3) is 10.9 Å². The number of aromatic nitrogens is 1. The average Bonchev–Trinajstić information content (AvgIpc) is 3.07. The normalized spacial score (nSPS) is 14.4. The highest BCUT2D eigenvalue weighted by atomic mass is 16.5. The molecule has 0 saturated carbocycles. The highest BCUT2D eigenvalue weighted by Crippen LogP contribution is 2.23. The first kappa shape index (κ1) is 19.1. The van der Waals surface area contributed by atoms with Crippen LogP contribution in [-0.2, 0) is 20.9 Å². The monoisotopic (exact) mass is 371 g/mol. The summed E-state index contributed by atoms with van der Waals surface area (Å²) in [5.74, 6) is -1.07. The number of benzene rings is 1. The van der Waals surface area contributed by atoms with E-state index in [2.05, 4.69) is 0 Å². The van der Waals surface area contributed by atoms with Gasteiger partial charge in [-0.15, -0.1) is 0 Å². The van der Waals surface area contributed by atoms with Gasteiger partial charge in [0.25, 0.3) is 11.7 Å². The van der Waals surface area contributed by atoms with Gasteiger partial charge in [0.2, 0.25) is 5.91 Å². The molecule has 27 heavy (non-hydrogen) atoms. The van der Waals surface area contributed by atoms with Crippen LogP contribution in [0.2, 0.25) is 0 Å². The van der Waals surface area contributed by atoms with Crippen LogP contribution >= 0.6 is 0 Å². The SMILES string of the molecule is CCN(CC)C(=O)C(=O)c1cn(CC(=O)N2CCOCC2)c2ccccc12. The Labute approximate surface area is 158 Å². The van der Waals surface area contributed by atoms with Crippen LogP contribution in [0.3, 0.4) is 0 Å². The summed E-state index contributed by atoms with van der Waals surface area (Å²) >= 11 is 0. The molecule has 0 radical (unpaired) electrons. The van der Waals surface area contributed by atoms with Gasteiger partial charge in [-0.05, 0) is 19.9 Å². The Balaban J connectivity index is 1.90. The number of nitrogens with zero attached hydrogens (tertiary/aromatic N) is 3. The molecule has 144 valence electrons. The lowest BCUT2D eigenvalue weighted by Gasteiger charge is -2.27. The smallest absolute Gasteiger partial charge is 0.295 e. The number of carbonyl (C=O) groups excluding carboxylic acids is 3. The van der Waals surface area contributed by atoms with Gasteiger partial charge in [-0.25, -0.2) is 0 Å². The summed E-state index contributed by atoms with van der Waals surface area (Å²) in [6, 6.07) is 7.36. The number of para-hydroxylation sites is 1. The fraction of sp³-hybridized carbons (Fsp3) is 0.450. The molecule has 0 spiro atoms. The van der Waals surface area contributed by atoms with E-state index in [1.807, 2.05) is 38.1 Å². The van der Waals surface area contributed by atoms with Gasteiger partial charge < -0.3 is 19.1 Å². The quantitative estimate of drug-likeness (QED) is 0.571. The van der Waals surface area contributed by atoms with Crippen molar-refractivity contribution in [1.29, 1.82) is 0 Å². The third kappa shape index (κ3) is 3.88. The number of likely N-dealkylation sites (N-methyl/N-ethyl adjacent to an activating group) is 1. The molecule has 0 N–H and O–H groups in total. The minimum atomic E-state index is -0.535. The molecule has 1 aromatic heterocycles. The molecule has 0 bridgehead atoms. The molecule has 1 saturated heterocycles. The Kier molecular flexibility index (Phi) is 5.91. The van der Waals surface area contributed by atoms with E-state index in [9.17, 15) is 14.4 Å². The Hall–Kier alpha value is -2.67. The van der Waals surface area contributed by atoms with Gasteiger partial charge in [0.15, 0.2) is 0 Å². The third-order valence-corrected chi connectivity index (χ3v) is 4.95. The number of amides is 2. The van der Waals surface area contributed by atoms with E-state index in [1.54, 1.807) is 15.7 Å². The standard InChI is InChI=1S/C20H25N3O4/c1-3-21(4-2)20(26)19(25)16-13-23(17-8-6-5-7-15(16)17)14-18(24)22-9-11-27-12-10-22/h5-8,13H,3-4,9-12,14H2,1-2H3. The van der Waals surface area contributed by atoms with E-state index in [0.717, 1.165) is 5.52 Å². The van der Waals surface area contributed by atoms with Gasteiger partial charge >= 0.3 is 0 Å². The second-order valence-corrected chi connectivity index (χ2v) is 6.49. The number of ketones is 1. The maximum Gasteiger partial charge on any atom is 0.295 e. The number of ether oxygens (including phenoxy) is 1. The molecule has 0 atom stereocenters. The van der Waals surface area contributed by atoms with E-state index < -0.39 is 11.7 Å². The Morgan fingerprint density at radius 1 is 1.07 bits per heavy atom. The molecule has 7 heteroatoms. The van der Waals surface area contributed by atoms with Gasteiger partial charge in [0.1, 0.15) is 6.54 Å². The fourth-order valence-electron chi connectivity index (χ4n) is 3.39. The Morgan fingerprint density at radius 2 is 1.74 bits per heavy atom. The van der Waals surface area contributed by atoms with Crippen molar-refractivity contribution >= 4 is 28.5 Å². The summed E-state index contributed by atoms with van der Waals surface area (Å²) in [7, 11) is 0. The van der Waals surface area contributed by atoms with Crippen LogP contribution in [0.5, 0.6) is 0 Å². The van der Waals surface area contributed by atoms with Gasteiger partial charge in [-0.3, -0.25) is 14.4 Å². The van der Waals surface area contributed by atoms with Crippen molar-refractivity contribution < 1.29 is 19.1 Å². The lowest BCUT2D eigenvalue weighted by atomic mass is 10.1. The van der Waals surface area contributed by atoms with Gasteiger partial charge in [0, 0.05) is 43.3 Å². The van der Waals surface area contributed by atoms with Crippen molar-refractivity contribution in [2.24, 2.45) is 0 Å². The number of fused-ring (bicyclic) bond motifs is 1. The molecule has 0 unspecified atom stereocenters. The minimum Gasteiger partial charge on any atom is -0.378 e. The molecule has 1 aliphatic heterocycles. The molecule has 1 aliphatic rings. The molecule has 2 amide bonds. The topological polar surface area (TPSA) is 71.9 Å². The fourth-order valence-corrected chi connectivity index (χ4v) is 3.39. The zero-order valence-electron chi connectivity index (χ0n) is 15.8. The third-order valence-electron chi connectivity index (χ3n) is 4.95. The van der Waals surface area contributed by atoms with Gasteiger partial charge in [-0.1, -0.05) is 18.2 Å². The number of Topliss-reactive ketones (excluding diaryl/α,β-unsaturated/α-hetero) is 1. The van der Waals surface area contributed by atoms with E-state index in [4.69, 9.17) is 4.74 Å². The minimum absolute atomic E-state index is 0.0203. The molecule has 2 heterocycles. The molecule has 2 aromatic rings. The molecule has 1 aromatic carbocycles. The molecular weight excluding hydrogens is 346 g/mol. The first-order valence-electron chi connectivity index (χ1n) is 9.33. The van der Waals surface area contributed by atoms with Crippen molar-refractivity contribution in [3.63, 3.8) is 0 Å². The van der Waals surface area contributed by atoms with E-state index in [0.29, 0.717) is 50.3 Å². The van der Waals surface area contributed by atoms with E-state index in [-0.39, 0.29) is 12.5 Å². The summed E-state index contributed by atoms with van der Waals surface area (Å²) in [6.45, 7) is 7.02.